The van der Waals surface area contributed by atoms with Crippen LogP contribution in [0.3, 0.4) is 0 Å². The number of carbonyl (C=O) groups excluding carboxylic acids is 1. The van der Waals surface area contributed by atoms with Crippen LogP contribution in [0.15, 0.2) is 21.7 Å². The second-order valence-electron chi connectivity index (χ2n) is 5.85. The summed E-state index contributed by atoms with van der Waals surface area (Å²) in [6, 6.07) is 3.16. The van der Waals surface area contributed by atoms with Gasteiger partial charge in [-0.1, -0.05) is 11.6 Å². The number of sulfonamides is 1. The monoisotopic (exact) mass is 419 g/mol. The molecule has 0 aliphatic carbocycles. The lowest BCUT2D eigenvalue weighted by molar-refractivity contribution is -0.119. The van der Waals surface area contributed by atoms with Crippen LogP contribution < -0.4 is 5.32 Å². The van der Waals surface area contributed by atoms with Gasteiger partial charge in [0.25, 0.3) is 10.0 Å². The Balaban J connectivity index is 1.72. The lowest BCUT2D eigenvalue weighted by Crippen LogP contribution is -2.38. The highest BCUT2D eigenvalue weighted by molar-refractivity contribution is 7.91. The highest BCUT2D eigenvalue weighted by Gasteiger charge is 2.32. The Morgan fingerprint density at radius 3 is 2.96 bits per heavy atom. The maximum absolute atomic E-state index is 12.8. The maximum atomic E-state index is 12.8. The third-order valence-electron chi connectivity index (χ3n) is 3.96. The van der Waals surface area contributed by atoms with Gasteiger partial charge in [0.1, 0.15) is 4.21 Å². The SMILES string of the molecule is CC(=O)NCc1csc([C@@H]2CCCN(S(=O)(=O)c3ccc(Cl)s3)C2)n1. The number of halogens is 1. The van der Waals surface area contributed by atoms with Gasteiger partial charge in [-0.15, -0.1) is 22.7 Å². The molecule has 1 amide bonds. The van der Waals surface area contributed by atoms with Crippen LogP contribution in [0.2, 0.25) is 4.34 Å². The predicted octanol–water partition coefficient (Wildman–Crippen LogP) is 3.06. The van der Waals surface area contributed by atoms with Crippen molar-refractivity contribution in [3.8, 4) is 0 Å². The van der Waals surface area contributed by atoms with Crippen molar-refractivity contribution in [3.05, 3.63) is 32.6 Å². The molecule has 1 aliphatic rings. The average molecular weight is 420 g/mol. The zero-order chi connectivity index (χ0) is 18.0. The minimum atomic E-state index is -3.51. The molecule has 1 atom stereocenters. The Hall–Kier alpha value is -1.00. The first-order chi connectivity index (χ1) is 11.9. The summed E-state index contributed by atoms with van der Waals surface area (Å²) in [5.74, 6) is -0.0193. The van der Waals surface area contributed by atoms with E-state index >= 15 is 0 Å². The number of amides is 1. The standard InChI is InChI=1S/C15H18ClN3O3S3/c1-10(20)17-7-12-9-23-15(18-12)11-3-2-6-19(8-11)25(21,22)14-5-4-13(16)24-14/h4-5,9,11H,2-3,6-8H2,1H3,(H,17,20)/t11-/m1/s1. The van der Waals surface area contributed by atoms with E-state index in [2.05, 4.69) is 10.3 Å². The van der Waals surface area contributed by atoms with Gasteiger partial charge in [0.2, 0.25) is 5.91 Å². The molecule has 3 rings (SSSR count). The van der Waals surface area contributed by atoms with E-state index in [0.717, 1.165) is 34.9 Å². The van der Waals surface area contributed by atoms with Crippen molar-refractivity contribution in [2.24, 2.45) is 0 Å². The second-order valence-corrected chi connectivity index (χ2v) is 10.6. The summed E-state index contributed by atoms with van der Waals surface area (Å²) in [6.45, 7) is 2.80. The van der Waals surface area contributed by atoms with Crippen LogP contribution in [0.1, 0.15) is 36.4 Å². The normalized spacial score (nSPS) is 19.0. The van der Waals surface area contributed by atoms with Crippen molar-refractivity contribution < 1.29 is 13.2 Å². The van der Waals surface area contributed by atoms with Gasteiger partial charge in [-0.3, -0.25) is 4.79 Å². The van der Waals surface area contributed by atoms with Crippen LogP contribution in [0, 0.1) is 0 Å². The highest BCUT2D eigenvalue weighted by atomic mass is 35.5. The van der Waals surface area contributed by atoms with Gasteiger partial charge in [-0.2, -0.15) is 4.31 Å². The minimum absolute atomic E-state index is 0.0787. The Kier molecular flexibility index (Phi) is 5.79. The predicted molar refractivity (Wildman–Crippen MR) is 99.7 cm³/mol. The van der Waals surface area contributed by atoms with Gasteiger partial charge in [-0.05, 0) is 25.0 Å². The largest absolute Gasteiger partial charge is 0.351 e. The van der Waals surface area contributed by atoms with Gasteiger partial charge < -0.3 is 5.32 Å². The minimum Gasteiger partial charge on any atom is -0.351 e. The summed E-state index contributed by atoms with van der Waals surface area (Å²) in [6.07, 6.45) is 1.70. The Morgan fingerprint density at radius 1 is 1.48 bits per heavy atom. The molecule has 0 saturated carbocycles. The lowest BCUT2D eigenvalue weighted by Gasteiger charge is -2.30. The van der Waals surface area contributed by atoms with Crippen LogP contribution in [0.25, 0.3) is 0 Å². The summed E-state index contributed by atoms with van der Waals surface area (Å²) in [7, 11) is -3.51. The molecular formula is C15H18ClN3O3S3. The summed E-state index contributed by atoms with van der Waals surface area (Å²) in [5, 5.41) is 5.56. The van der Waals surface area contributed by atoms with Crippen molar-refractivity contribution >= 4 is 50.2 Å². The maximum Gasteiger partial charge on any atom is 0.252 e. The summed E-state index contributed by atoms with van der Waals surface area (Å²) < 4.78 is 27.8. The molecular weight excluding hydrogens is 402 g/mol. The number of nitrogens with zero attached hydrogens (tertiary/aromatic N) is 2. The molecule has 1 N–H and O–H groups in total. The number of piperidine rings is 1. The van der Waals surface area contributed by atoms with Crippen molar-refractivity contribution in [1.82, 2.24) is 14.6 Å². The van der Waals surface area contributed by atoms with Crippen LogP contribution in [0.5, 0.6) is 0 Å². The fraction of sp³-hybridized carbons (Fsp3) is 0.467. The fourth-order valence-electron chi connectivity index (χ4n) is 2.73. The van der Waals surface area contributed by atoms with Crippen molar-refractivity contribution in [1.29, 1.82) is 0 Å². The van der Waals surface area contributed by atoms with Crippen LogP contribution in [-0.4, -0.2) is 36.7 Å². The van der Waals surface area contributed by atoms with Gasteiger partial charge in [0.15, 0.2) is 0 Å². The van der Waals surface area contributed by atoms with E-state index in [-0.39, 0.29) is 16.0 Å². The Bertz CT molecular complexity index is 862. The first kappa shape index (κ1) is 18.8. The van der Waals surface area contributed by atoms with E-state index in [1.165, 1.54) is 22.6 Å². The van der Waals surface area contributed by atoms with Crippen molar-refractivity contribution in [3.63, 3.8) is 0 Å². The van der Waals surface area contributed by atoms with Gasteiger partial charge in [-0.25, -0.2) is 13.4 Å². The molecule has 6 nitrogen and oxygen atoms in total. The highest BCUT2D eigenvalue weighted by Crippen LogP contribution is 2.34. The second kappa shape index (κ2) is 7.71. The molecule has 2 aromatic rings. The zero-order valence-electron chi connectivity index (χ0n) is 13.6. The smallest absolute Gasteiger partial charge is 0.252 e. The molecule has 0 aromatic carbocycles. The van der Waals surface area contributed by atoms with E-state index in [1.54, 1.807) is 12.1 Å². The molecule has 136 valence electrons. The number of hydrogen-bond donors (Lipinski definition) is 1. The van der Waals surface area contributed by atoms with Gasteiger partial charge in [0.05, 0.1) is 21.6 Å². The van der Waals surface area contributed by atoms with E-state index in [0.29, 0.717) is 24.0 Å². The molecule has 10 heteroatoms. The molecule has 1 saturated heterocycles. The number of aromatic nitrogens is 1. The zero-order valence-corrected chi connectivity index (χ0v) is 16.8. The third-order valence-corrected chi connectivity index (χ3v) is 8.58. The van der Waals surface area contributed by atoms with E-state index < -0.39 is 10.0 Å². The topological polar surface area (TPSA) is 79.4 Å². The number of hydrogen-bond acceptors (Lipinski definition) is 6. The molecule has 0 bridgehead atoms. The van der Waals surface area contributed by atoms with E-state index in [9.17, 15) is 13.2 Å². The molecule has 3 heterocycles. The number of thiazole rings is 1. The number of rotatable bonds is 5. The first-order valence-corrected chi connectivity index (χ1v) is 11.3. The first-order valence-electron chi connectivity index (χ1n) is 7.80. The summed E-state index contributed by atoms with van der Waals surface area (Å²) in [4.78, 5) is 15.6. The van der Waals surface area contributed by atoms with Crippen molar-refractivity contribution in [2.75, 3.05) is 13.1 Å². The average Bonchev–Trinajstić information content (AvgIpc) is 3.22. The summed E-state index contributed by atoms with van der Waals surface area (Å²) >= 11 is 8.48. The quantitative estimate of drug-likeness (QED) is 0.807. The Morgan fingerprint density at radius 2 is 2.28 bits per heavy atom. The molecule has 1 fully saturated rings. The molecule has 0 spiro atoms. The lowest BCUT2D eigenvalue weighted by atomic mass is 10.0. The molecule has 2 aromatic heterocycles. The van der Waals surface area contributed by atoms with Gasteiger partial charge in [0, 0.05) is 31.3 Å². The molecule has 0 radical (unpaired) electrons. The van der Waals surface area contributed by atoms with E-state index in [1.807, 2.05) is 5.38 Å². The molecule has 25 heavy (non-hydrogen) atoms. The third kappa shape index (κ3) is 4.40. The Labute approximate surface area is 159 Å². The molecule has 0 unspecified atom stereocenters. The van der Waals surface area contributed by atoms with E-state index in [4.69, 9.17) is 11.6 Å². The van der Waals surface area contributed by atoms with Gasteiger partial charge >= 0.3 is 0 Å². The molecule has 1 aliphatic heterocycles. The van der Waals surface area contributed by atoms with Crippen LogP contribution in [0.4, 0.5) is 0 Å². The fourth-order valence-corrected chi connectivity index (χ4v) is 6.84. The number of carbonyl (C=O) groups is 1. The van der Waals surface area contributed by atoms with Crippen LogP contribution >= 0.6 is 34.3 Å². The van der Waals surface area contributed by atoms with Crippen LogP contribution in [-0.2, 0) is 21.4 Å². The summed E-state index contributed by atoms with van der Waals surface area (Å²) in [5.41, 5.74) is 0.806. The number of nitrogens with one attached hydrogen (secondary N) is 1. The van der Waals surface area contributed by atoms with Crippen molar-refractivity contribution in [2.45, 2.75) is 36.4 Å². The number of thiophene rings is 1.